The van der Waals surface area contributed by atoms with Gasteiger partial charge in [0.2, 0.25) is 0 Å². The number of carbonyl (C=O) groups excluding carboxylic acids is 3. The fourth-order valence-electron chi connectivity index (χ4n) is 2.32. The van der Waals surface area contributed by atoms with Gasteiger partial charge < -0.3 is 14.8 Å². The third kappa shape index (κ3) is 6.47. The van der Waals surface area contributed by atoms with Gasteiger partial charge in [-0.05, 0) is 48.4 Å². The lowest BCUT2D eigenvalue weighted by molar-refractivity contribution is -0.142. The molecule has 0 radical (unpaired) electrons. The summed E-state index contributed by atoms with van der Waals surface area (Å²) < 4.78 is 47.0. The molecule has 0 aromatic heterocycles. The maximum absolute atomic E-state index is 12.5. The fourth-order valence-corrected chi connectivity index (χ4v) is 2.32. The Labute approximate surface area is 170 Å². The van der Waals surface area contributed by atoms with Gasteiger partial charge in [-0.2, -0.15) is 13.2 Å². The van der Waals surface area contributed by atoms with E-state index in [2.05, 4.69) is 10.1 Å². The van der Waals surface area contributed by atoms with Gasteiger partial charge in [-0.15, -0.1) is 0 Å². The van der Waals surface area contributed by atoms with E-state index in [4.69, 9.17) is 4.74 Å². The normalized spacial score (nSPS) is 11.2. The highest BCUT2D eigenvalue weighted by molar-refractivity contribution is 5.97. The lowest BCUT2D eigenvalue weighted by atomic mass is 10.1. The molecule has 0 atom stereocenters. The van der Waals surface area contributed by atoms with Crippen molar-refractivity contribution in [3.8, 4) is 0 Å². The second-order valence-electron chi connectivity index (χ2n) is 6.13. The van der Waals surface area contributed by atoms with Crippen molar-refractivity contribution in [3.05, 3.63) is 70.8 Å². The molecular formula is C21H18F3NO5. The molecule has 2 aromatic carbocycles. The van der Waals surface area contributed by atoms with Gasteiger partial charge in [-0.1, -0.05) is 18.2 Å². The number of nitrogens with one attached hydrogen (secondary N) is 1. The van der Waals surface area contributed by atoms with Crippen LogP contribution >= 0.6 is 0 Å². The van der Waals surface area contributed by atoms with Crippen LogP contribution in [0.25, 0.3) is 6.08 Å². The molecule has 1 N–H and O–H groups in total. The molecule has 9 heteroatoms. The summed E-state index contributed by atoms with van der Waals surface area (Å²) in [6, 6.07) is 8.80. The molecule has 0 spiro atoms. The van der Waals surface area contributed by atoms with Crippen LogP contribution in [0, 0.1) is 6.92 Å². The number of ether oxygens (including phenoxy) is 2. The molecule has 0 aliphatic heterocycles. The first-order valence-electron chi connectivity index (χ1n) is 8.61. The molecular weight excluding hydrogens is 403 g/mol. The highest BCUT2D eigenvalue weighted by atomic mass is 19.4. The van der Waals surface area contributed by atoms with Crippen molar-refractivity contribution < 1.29 is 37.0 Å². The van der Waals surface area contributed by atoms with Crippen LogP contribution in [-0.4, -0.2) is 31.6 Å². The van der Waals surface area contributed by atoms with E-state index in [1.165, 1.54) is 31.4 Å². The minimum Gasteiger partial charge on any atom is -0.465 e. The highest BCUT2D eigenvalue weighted by Gasteiger charge is 2.29. The van der Waals surface area contributed by atoms with Crippen molar-refractivity contribution in [2.75, 3.05) is 19.0 Å². The molecule has 30 heavy (non-hydrogen) atoms. The number of hydrogen-bond acceptors (Lipinski definition) is 5. The van der Waals surface area contributed by atoms with E-state index in [1.807, 2.05) is 0 Å². The number of anilines is 1. The van der Waals surface area contributed by atoms with Crippen LogP contribution in [0.15, 0.2) is 48.5 Å². The van der Waals surface area contributed by atoms with Crippen molar-refractivity contribution in [3.63, 3.8) is 0 Å². The average molecular weight is 421 g/mol. The Kier molecular flexibility index (Phi) is 7.35. The Morgan fingerprint density at radius 3 is 2.33 bits per heavy atom. The average Bonchev–Trinajstić information content (AvgIpc) is 2.71. The van der Waals surface area contributed by atoms with E-state index in [0.717, 1.165) is 18.2 Å². The predicted molar refractivity (Wildman–Crippen MR) is 103 cm³/mol. The van der Waals surface area contributed by atoms with Crippen molar-refractivity contribution >= 4 is 29.6 Å². The van der Waals surface area contributed by atoms with Crippen LogP contribution in [0.2, 0.25) is 0 Å². The SMILES string of the molecule is COC(=O)c1ccc(C)c(NC(=O)COC(=O)/C=C/c2ccc(C(F)(F)F)cc2)c1. The van der Waals surface area contributed by atoms with Crippen molar-refractivity contribution in [1.29, 1.82) is 0 Å². The highest BCUT2D eigenvalue weighted by Crippen LogP contribution is 2.29. The van der Waals surface area contributed by atoms with Gasteiger partial charge in [0.05, 0.1) is 18.2 Å². The summed E-state index contributed by atoms with van der Waals surface area (Å²) in [6.07, 6.45) is -2.17. The molecule has 6 nitrogen and oxygen atoms in total. The van der Waals surface area contributed by atoms with Crippen LogP contribution in [-0.2, 0) is 25.2 Å². The van der Waals surface area contributed by atoms with E-state index in [9.17, 15) is 27.6 Å². The van der Waals surface area contributed by atoms with Gasteiger partial charge in [0.1, 0.15) is 0 Å². The summed E-state index contributed by atoms with van der Waals surface area (Å²) >= 11 is 0. The van der Waals surface area contributed by atoms with Crippen molar-refractivity contribution in [2.45, 2.75) is 13.1 Å². The first-order chi connectivity index (χ1) is 14.1. The van der Waals surface area contributed by atoms with Gasteiger partial charge in [-0.3, -0.25) is 4.79 Å². The van der Waals surface area contributed by atoms with E-state index >= 15 is 0 Å². The van der Waals surface area contributed by atoms with Gasteiger partial charge in [0, 0.05) is 11.8 Å². The van der Waals surface area contributed by atoms with Gasteiger partial charge >= 0.3 is 18.1 Å². The van der Waals surface area contributed by atoms with Crippen LogP contribution in [0.3, 0.4) is 0 Å². The molecule has 0 fully saturated rings. The van der Waals surface area contributed by atoms with E-state index < -0.39 is 36.2 Å². The number of esters is 2. The monoisotopic (exact) mass is 421 g/mol. The number of amides is 1. The molecule has 158 valence electrons. The lowest BCUT2D eigenvalue weighted by Crippen LogP contribution is -2.21. The molecule has 0 saturated carbocycles. The quantitative estimate of drug-likeness (QED) is 0.563. The summed E-state index contributed by atoms with van der Waals surface area (Å²) in [5.74, 6) is -2.04. The fraction of sp³-hybridized carbons (Fsp3) is 0.190. The van der Waals surface area contributed by atoms with Crippen LogP contribution in [0.1, 0.15) is 27.0 Å². The molecule has 0 unspecified atom stereocenters. The number of aryl methyl sites for hydroxylation is 1. The number of benzene rings is 2. The first-order valence-corrected chi connectivity index (χ1v) is 8.61. The van der Waals surface area contributed by atoms with E-state index in [-0.39, 0.29) is 5.56 Å². The molecule has 0 aliphatic carbocycles. The number of hydrogen-bond donors (Lipinski definition) is 1. The maximum atomic E-state index is 12.5. The number of rotatable bonds is 6. The Morgan fingerprint density at radius 1 is 1.07 bits per heavy atom. The predicted octanol–water partition coefficient (Wildman–Crippen LogP) is 4.00. The zero-order chi connectivity index (χ0) is 22.3. The van der Waals surface area contributed by atoms with Gasteiger partial charge in [-0.25, -0.2) is 9.59 Å². The Hall–Kier alpha value is -3.62. The summed E-state index contributed by atoms with van der Waals surface area (Å²) in [4.78, 5) is 35.3. The zero-order valence-corrected chi connectivity index (χ0v) is 16.1. The largest absolute Gasteiger partial charge is 0.465 e. The molecule has 0 saturated heterocycles. The molecule has 2 aromatic rings. The molecule has 0 bridgehead atoms. The van der Waals surface area contributed by atoms with E-state index in [0.29, 0.717) is 16.8 Å². The smallest absolute Gasteiger partial charge is 0.416 e. The second-order valence-corrected chi connectivity index (χ2v) is 6.13. The van der Waals surface area contributed by atoms with E-state index in [1.54, 1.807) is 19.1 Å². The Balaban J connectivity index is 1.90. The third-order valence-electron chi connectivity index (χ3n) is 3.93. The topological polar surface area (TPSA) is 81.7 Å². The van der Waals surface area contributed by atoms with Gasteiger partial charge in [0.15, 0.2) is 6.61 Å². The minimum atomic E-state index is -4.44. The maximum Gasteiger partial charge on any atom is 0.416 e. The molecule has 2 rings (SSSR count). The molecule has 0 heterocycles. The van der Waals surface area contributed by atoms with Crippen molar-refractivity contribution in [1.82, 2.24) is 0 Å². The standard InChI is InChI=1S/C21H18F3NO5/c1-13-3-7-15(20(28)29-2)11-17(13)25-18(26)12-30-19(27)10-6-14-4-8-16(9-5-14)21(22,23)24/h3-11H,12H2,1-2H3,(H,25,26)/b10-6+. The van der Waals surface area contributed by atoms with Crippen LogP contribution in [0.4, 0.5) is 18.9 Å². The van der Waals surface area contributed by atoms with Crippen LogP contribution in [0.5, 0.6) is 0 Å². The Morgan fingerprint density at radius 2 is 1.73 bits per heavy atom. The third-order valence-corrected chi connectivity index (χ3v) is 3.93. The summed E-state index contributed by atoms with van der Waals surface area (Å²) in [7, 11) is 1.23. The number of methoxy groups -OCH3 is 1. The summed E-state index contributed by atoms with van der Waals surface area (Å²) in [6.45, 7) is 1.13. The second kappa shape index (κ2) is 9.73. The molecule has 1 amide bonds. The number of alkyl halides is 3. The van der Waals surface area contributed by atoms with Crippen LogP contribution < -0.4 is 5.32 Å². The number of carbonyl (C=O) groups is 3. The lowest BCUT2D eigenvalue weighted by Gasteiger charge is -2.10. The van der Waals surface area contributed by atoms with Gasteiger partial charge in [0.25, 0.3) is 5.91 Å². The summed E-state index contributed by atoms with van der Waals surface area (Å²) in [5, 5.41) is 2.52. The first kappa shape index (κ1) is 22.7. The molecule has 0 aliphatic rings. The summed E-state index contributed by atoms with van der Waals surface area (Å²) in [5.41, 5.74) is 0.851. The minimum absolute atomic E-state index is 0.245. The zero-order valence-electron chi connectivity index (χ0n) is 16.1. The Bertz CT molecular complexity index is 966. The number of halogens is 3. The van der Waals surface area contributed by atoms with Crippen molar-refractivity contribution in [2.24, 2.45) is 0 Å².